The summed E-state index contributed by atoms with van der Waals surface area (Å²) >= 11 is 0. The number of nitrogens with one attached hydrogen (secondary N) is 2. The van der Waals surface area contributed by atoms with E-state index in [9.17, 15) is 14.4 Å². The molecule has 2 N–H and O–H groups in total. The standard InChI is InChI=1S/C23H27N5O3/c1-2-27(15-17-7-4-3-5-8-17)20(30)16-28-14-12-23(11-10-19(28)29)25-21-18(22(31)26-23)9-6-13-24-21/h3-9,13H,2,10-12,14-16H2,1H3,(H,24,25)(H,26,31). The van der Waals surface area contributed by atoms with Crippen molar-refractivity contribution in [3.63, 3.8) is 0 Å². The Kier molecular flexibility index (Phi) is 5.88. The molecule has 0 aliphatic carbocycles. The maximum absolute atomic E-state index is 12.9. The highest BCUT2D eigenvalue weighted by Gasteiger charge is 2.41. The summed E-state index contributed by atoms with van der Waals surface area (Å²) in [5.74, 6) is 0.175. The molecule has 0 bridgehead atoms. The highest BCUT2D eigenvalue weighted by Crippen LogP contribution is 2.30. The molecule has 1 spiro atoms. The van der Waals surface area contributed by atoms with Crippen molar-refractivity contribution in [2.75, 3.05) is 25.0 Å². The normalized spacial score (nSPS) is 20.5. The first kappa shape index (κ1) is 20.8. The molecule has 1 atom stereocenters. The minimum absolute atomic E-state index is 0.0400. The van der Waals surface area contributed by atoms with Crippen LogP contribution in [-0.4, -0.2) is 57.8 Å². The fourth-order valence-corrected chi connectivity index (χ4v) is 4.15. The van der Waals surface area contributed by atoms with E-state index in [0.29, 0.717) is 43.9 Å². The molecule has 2 aromatic rings. The summed E-state index contributed by atoms with van der Waals surface area (Å²) in [5, 5.41) is 6.35. The maximum Gasteiger partial charge on any atom is 0.256 e. The largest absolute Gasteiger partial charge is 0.347 e. The van der Waals surface area contributed by atoms with Gasteiger partial charge in [-0.2, -0.15) is 0 Å². The molecule has 3 heterocycles. The van der Waals surface area contributed by atoms with Crippen molar-refractivity contribution in [2.24, 2.45) is 0 Å². The van der Waals surface area contributed by atoms with E-state index >= 15 is 0 Å². The summed E-state index contributed by atoms with van der Waals surface area (Å²) < 4.78 is 0. The summed E-state index contributed by atoms with van der Waals surface area (Å²) in [4.78, 5) is 45.9. The van der Waals surface area contributed by atoms with Crippen LogP contribution < -0.4 is 10.6 Å². The second-order valence-corrected chi connectivity index (χ2v) is 8.02. The zero-order valence-electron chi connectivity index (χ0n) is 17.6. The molecule has 3 amide bonds. The Labute approximate surface area is 181 Å². The first-order chi connectivity index (χ1) is 15.0. The maximum atomic E-state index is 12.9. The third-order valence-corrected chi connectivity index (χ3v) is 5.97. The van der Waals surface area contributed by atoms with E-state index in [-0.39, 0.29) is 30.7 Å². The lowest BCUT2D eigenvalue weighted by Gasteiger charge is -2.39. The molecule has 1 aromatic carbocycles. The number of hydrogen-bond acceptors (Lipinski definition) is 5. The van der Waals surface area contributed by atoms with Gasteiger partial charge in [-0.05, 0) is 31.0 Å². The van der Waals surface area contributed by atoms with Crippen LogP contribution >= 0.6 is 0 Å². The summed E-state index contributed by atoms with van der Waals surface area (Å²) in [6.45, 7) is 3.44. The SMILES string of the molecule is CCN(Cc1ccccc1)C(=O)CN1CCC2(CCC1=O)NC(=O)c1cccnc1N2. The van der Waals surface area contributed by atoms with Gasteiger partial charge >= 0.3 is 0 Å². The van der Waals surface area contributed by atoms with Crippen LogP contribution in [0.15, 0.2) is 48.7 Å². The Hall–Kier alpha value is -3.42. The van der Waals surface area contributed by atoms with E-state index in [0.717, 1.165) is 5.56 Å². The van der Waals surface area contributed by atoms with Gasteiger partial charge in [0, 0.05) is 38.7 Å². The van der Waals surface area contributed by atoms with Crippen molar-refractivity contribution in [3.05, 3.63) is 59.8 Å². The van der Waals surface area contributed by atoms with Crippen LogP contribution in [0.2, 0.25) is 0 Å². The van der Waals surface area contributed by atoms with E-state index in [4.69, 9.17) is 0 Å². The van der Waals surface area contributed by atoms with Crippen LogP contribution in [-0.2, 0) is 16.1 Å². The van der Waals surface area contributed by atoms with Crippen molar-refractivity contribution < 1.29 is 14.4 Å². The molecular formula is C23H27N5O3. The molecule has 8 nitrogen and oxygen atoms in total. The van der Waals surface area contributed by atoms with Crippen molar-refractivity contribution in [1.82, 2.24) is 20.1 Å². The predicted octanol–water partition coefficient (Wildman–Crippen LogP) is 1.99. The van der Waals surface area contributed by atoms with Gasteiger partial charge in [-0.25, -0.2) is 4.98 Å². The Morgan fingerprint density at radius 1 is 1.13 bits per heavy atom. The van der Waals surface area contributed by atoms with Crippen LogP contribution in [0, 0.1) is 0 Å². The number of amides is 3. The summed E-state index contributed by atoms with van der Waals surface area (Å²) in [7, 11) is 0. The molecule has 0 radical (unpaired) electrons. The molecule has 2 aliphatic rings. The Balaban J connectivity index is 1.42. The average Bonchev–Trinajstić information content (AvgIpc) is 2.92. The second-order valence-electron chi connectivity index (χ2n) is 8.02. The third kappa shape index (κ3) is 4.52. The number of likely N-dealkylation sites (tertiary alicyclic amines) is 1. The van der Waals surface area contributed by atoms with E-state index in [1.165, 1.54) is 0 Å². The highest BCUT2D eigenvalue weighted by atomic mass is 16.2. The zero-order valence-corrected chi connectivity index (χ0v) is 17.6. The van der Waals surface area contributed by atoms with Crippen LogP contribution in [0.1, 0.15) is 42.1 Å². The van der Waals surface area contributed by atoms with Gasteiger partial charge in [0.05, 0.1) is 12.1 Å². The monoisotopic (exact) mass is 421 g/mol. The number of fused-ring (bicyclic) bond motifs is 1. The number of carbonyl (C=O) groups excluding carboxylic acids is 3. The van der Waals surface area contributed by atoms with Crippen LogP contribution in [0.3, 0.4) is 0 Å². The van der Waals surface area contributed by atoms with Gasteiger partial charge in [-0.1, -0.05) is 30.3 Å². The number of hydrogen-bond donors (Lipinski definition) is 2. The van der Waals surface area contributed by atoms with E-state index < -0.39 is 5.66 Å². The number of aromatic nitrogens is 1. The first-order valence-electron chi connectivity index (χ1n) is 10.6. The number of pyridine rings is 1. The fourth-order valence-electron chi connectivity index (χ4n) is 4.15. The van der Waals surface area contributed by atoms with Gasteiger partial charge in [-0.3, -0.25) is 14.4 Å². The molecule has 31 heavy (non-hydrogen) atoms. The van der Waals surface area contributed by atoms with Crippen LogP contribution in [0.5, 0.6) is 0 Å². The molecule has 0 saturated carbocycles. The van der Waals surface area contributed by atoms with Crippen LogP contribution in [0.4, 0.5) is 5.82 Å². The van der Waals surface area contributed by atoms with Crippen molar-refractivity contribution in [3.8, 4) is 0 Å². The summed E-state index contributed by atoms with van der Waals surface area (Å²) in [6, 6.07) is 13.3. The molecular weight excluding hydrogens is 394 g/mol. The van der Waals surface area contributed by atoms with Crippen molar-refractivity contribution >= 4 is 23.5 Å². The number of nitrogens with zero attached hydrogens (tertiary/aromatic N) is 3. The Morgan fingerprint density at radius 2 is 1.94 bits per heavy atom. The third-order valence-electron chi connectivity index (χ3n) is 5.97. The molecule has 4 rings (SSSR count). The van der Waals surface area contributed by atoms with E-state index in [2.05, 4.69) is 15.6 Å². The molecule has 1 saturated heterocycles. The Bertz CT molecular complexity index is 980. The smallest absolute Gasteiger partial charge is 0.256 e. The minimum Gasteiger partial charge on any atom is -0.347 e. The molecule has 162 valence electrons. The van der Waals surface area contributed by atoms with Crippen molar-refractivity contribution in [1.29, 1.82) is 0 Å². The quantitative estimate of drug-likeness (QED) is 0.770. The highest BCUT2D eigenvalue weighted by molar-refractivity contribution is 6.01. The lowest BCUT2D eigenvalue weighted by atomic mass is 9.97. The zero-order chi connectivity index (χ0) is 21.8. The number of rotatable bonds is 5. The van der Waals surface area contributed by atoms with Crippen LogP contribution in [0.25, 0.3) is 0 Å². The molecule has 1 fully saturated rings. The molecule has 1 unspecified atom stereocenters. The van der Waals surface area contributed by atoms with Gasteiger partial charge in [0.2, 0.25) is 11.8 Å². The van der Waals surface area contributed by atoms with Gasteiger partial charge in [0.1, 0.15) is 11.5 Å². The average molecular weight is 422 g/mol. The predicted molar refractivity (Wildman–Crippen MR) is 116 cm³/mol. The lowest BCUT2D eigenvalue weighted by molar-refractivity contribution is -0.140. The van der Waals surface area contributed by atoms with Gasteiger partial charge in [-0.15, -0.1) is 0 Å². The van der Waals surface area contributed by atoms with Crippen molar-refractivity contribution in [2.45, 2.75) is 38.4 Å². The fraction of sp³-hybridized carbons (Fsp3) is 0.391. The number of likely N-dealkylation sites (N-methyl/N-ethyl adjacent to an activating group) is 1. The summed E-state index contributed by atoms with van der Waals surface area (Å²) in [5.41, 5.74) is 0.815. The minimum atomic E-state index is -0.736. The van der Waals surface area contributed by atoms with E-state index in [1.54, 1.807) is 28.1 Å². The van der Waals surface area contributed by atoms with Gasteiger partial charge in [0.25, 0.3) is 5.91 Å². The number of carbonyl (C=O) groups is 3. The van der Waals surface area contributed by atoms with Gasteiger partial charge < -0.3 is 20.4 Å². The molecule has 1 aromatic heterocycles. The topological polar surface area (TPSA) is 94.6 Å². The number of benzene rings is 1. The second kappa shape index (κ2) is 8.75. The number of anilines is 1. The Morgan fingerprint density at radius 3 is 2.71 bits per heavy atom. The summed E-state index contributed by atoms with van der Waals surface area (Å²) in [6.07, 6.45) is 2.82. The lowest BCUT2D eigenvalue weighted by Crippen LogP contribution is -2.58. The molecule has 8 heteroatoms. The first-order valence-corrected chi connectivity index (χ1v) is 10.6. The van der Waals surface area contributed by atoms with E-state index in [1.807, 2.05) is 37.3 Å². The molecule has 2 aliphatic heterocycles. The van der Waals surface area contributed by atoms with Gasteiger partial charge in [0.15, 0.2) is 0 Å².